The van der Waals surface area contributed by atoms with Crippen molar-refractivity contribution in [3.63, 3.8) is 0 Å². The number of carboxylic acids is 1. The van der Waals surface area contributed by atoms with Crippen LogP contribution in [0.25, 0.3) is 0 Å². The first kappa shape index (κ1) is 8.73. The van der Waals surface area contributed by atoms with E-state index in [-0.39, 0.29) is 5.76 Å². The van der Waals surface area contributed by atoms with Crippen LogP contribution in [-0.2, 0) is 10.4 Å². The van der Waals surface area contributed by atoms with Gasteiger partial charge in [0.25, 0.3) is 0 Å². The van der Waals surface area contributed by atoms with E-state index in [1.165, 1.54) is 0 Å². The normalized spacial score (nSPS) is 15.6. The minimum atomic E-state index is -2.00. The molecule has 1 heterocycles. The third-order valence-electron chi connectivity index (χ3n) is 1.60. The number of carbonyl (C=O) groups is 1. The van der Waals surface area contributed by atoms with E-state index in [2.05, 4.69) is 4.98 Å². The molecule has 0 radical (unpaired) electrons. The fourth-order valence-electron chi connectivity index (χ4n) is 0.866. The lowest BCUT2D eigenvalue weighted by molar-refractivity contribution is -0.159. The molecule has 12 heavy (non-hydrogen) atoms. The second-order valence-electron chi connectivity index (χ2n) is 2.64. The van der Waals surface area contributed by atoms with E-state index in [0.717, 1.165) is 13.3 Å². The summed E-state index contributed by atoms with van der Waals surface area (Å²) in [7, 11) is 0. The van der Waals surface area contributed by atoms with E-state index in [1.54, 1.807) is 6.92 Å². The molecule has 1 aromatic rings. The number of hydrogen-bond donors (Lipinski definition) is 2. The Morgan fingerprint density at radius 2 is 2.33 bits per heavy atom. The summed E-state index contributed by atoms with van der Waals surface area (Å²) in [5.74, 6) is -1.39. The number of nitrogens with zero attached hydrogens (tertiary/aromatic N) is 1. The molecule has 2 N–H and O–H groups in total. The van der Waals surface area contributed by atoms with Crippen LogP contribution in [0, 0.1) is 6.92 Å². The first-order valence-corrected chi connectivity index (χ1v) is 3.32. The third kappa shape index (κ3) is 1.18. The summed E-state index contributed by atoms with van der Waals surface area (Å²) >= 11 is 0. The van der Waals surface area contributed by atoms with Crippen LogP contribution in [0.4, 0.5) is 0 Å². The van der Waals surface area contributed by atoms with E-state index in [4.69, 9.17) is 9.52 Å². The van der Waals surface area contributed by atoms with E-state index < -0.39 is 11.6 Å². The molecule has 0 aromatic carbocycles. The SMILES string of the molecule is Cc1ncoc1C(C)(O)C(=O)O. The summed E-state index contributed by atoms with van der Waals surface area (Å²) in [6.45, 7) is 2.71. The van der Waals surface area contributed by atoms with Crippen molar-refractivity contribution in [2.75, 3.05) is 0 Å². The number of hydrogen-bond acceptors (Lipinski definition) is 4. The van der Waals surface area contributed by atoms with Crippen molar-refractivity contribution in [3.05, 3.63) is 17.8 Å². The fraction of sp³-hybridized carbons (Fsp3) is 0.429. The monoisotopic (exact) mass is 171 g/mol. The molecule has 5 heteroatoms. The Hall–Kier alpha value is -1.36. The van der Waals surface area contributed by atoms with Crippen molar-refractivity contribution >= 4 is 5.97 Å². The van der Waals surface area contributed by atoms with Crippen molar-refractivity contribution in [2.45, 2.75) is 19.4 Å². The molecule has 0 saturated heterocycles. The molecule has 5 nitrogen and oxygen atoms in total. The zero-order valence-electron chi connectivity index (χ0n) is 6.74. The molecule has 0 fully saturated rings. The van der Waals surface area contributed by atoms with Crippen LogP contribution in [-0.4, -0.2) is 21.2 Å². The Bertz CT molecular complexity index is 302. The van der Waals surface area contributed by atoms with Crippen molar-refractivity contribution in [1.82, 2.24) is 4.98 Å². The Kier molecular flexibility index (Phi) is 1.89. The molecule has 0 aliphatic rings. The van der Waals surface area contributed by atoms with Gasteiger partial charge < -0.3 is 14.6 Å². The van der Waals surface area contributed by atoms with Gasteiger partial charge in [-0.3, -0.25) is 0 Å². The number of carboxylic acid groups (broad SMARTS) is 1. The molecule has 0 aliphatic carbocycles. The Labute approximate surface area is 68.7 Å². The molecule has 0 amide bonds. The number of aryl methyl sites for hydroxylation is 1. The summed E-state index contributed by atoms with van der Waals surface area (Å²) in [4.78, 5) is 14.2. The predicted octanol–water partition coefficient (Wildman–Crippen LogP) is 0.275. The lowest BCUT2D eigenvalue weighted by Gasteiger charge is -2.14. The number of aliphatic hydroxyl groups is 1. The standard InChI is InChI=1S/C7H9NO4/c1-4-5(12-3-8-4)7(2,11)6(9)10/h3,11H,1-2H3,(H,9,10). The van der Waals surface area contributed by atoms with Crippen molar-refractivity contribution in [3.8, 4) is 0 Å². The van der Waals surface area contributed by atoms with Gasteiger partial charge in [-0.2, -0.15) is 0 Å². The van der Waals surface area contributed by atoms with Gasteiger partial charge in [0, 0.05) is 0 Å². The molecular weight excluding hydrogens is 162 g/mol. The van der Waals surface area contributed by atoms with Crippen LogP contribution in [0.2, 0.25) is 0 Å². The quantitative estimate of drug-likeness (QED) is 0.667. The highest BCUT2D eigenvalue weighted by atomic mass is 16.4. The average Bonchev–Trinajstić information content (AvgIpc) is 2.35. The number of rotatable bonds is 2. The maximum absolute atomic E-state index is 10.5. The zero-order chi connectivity index (χ0) is 9.35. The summed E-state index contributed by atoms with van der Waals surface area (Å²) in [5.41, 5.74) is -1.62. The highest BCUT2D eigenvalue weighted by molar-refractivity contribution is 5.77. The van der Waals surface area contributed by atoms with Gasteiger partial charge in [-0.05, 0) is 13.8 Å². The van der Waals surface area contributed by atoms with Crippen molar-refractivity contribution in [1.29, 1.82) is 0 Å². The van der Waals surface area contributed by atoms with Crippen LogP contribution in [0.3, 0.4) is 0 Å². The molecule has 1 unspecified atom stereocenters. The summed E-state index contributed by atoms with van der Waals surface area (Å²) < 4.78 is 4.75. The van der Waals surface area contributed by atoms with Crippen molar-refractivity contribution in [2.24, 2.45) is 0 Å². The molecule has 0 aliphatic heterocycles. The van der Waals surface area contributed by atoms with Crippen LogP contribution < -0.4 is 0 Å². The Morgan fingerprint density at radius 3 is 2.67 bits per heavy atom. The topological polar surface area (TPSA) is 83.6 Å². The minimum Gasteiger partial charge on any atom is -0.479 e. The number of aliphatic carboxylic acids is 1. The van der Waals surface area contributed by atoms with Gasteiger partial charge in [-0.25, -0.2) is 9.78 Å². The second-order valence-corrected chi connectivity index (χ2v) is 2.64. The summed E-state index contributed by atoms with van der Waals surface area (Å²) in [5, 5.41) is 18.0. The highest BCUT2D eigenvalue weighted by Crippen LogP contribution is 2.23. The largest absolute Gasteiger partial charge is 0.479 e. The van der Waals surface area contributed by atoms with Crippen LogP contribution in [0.1, 0.15) is 18.4 Å². The van der Waals surface area contributed by atoms with E-state index >= 15 is 0 Å². The van der Waals surface area contributed by atoms with Gasteiger partial charge in [-0.1, -0.05) is 0 Å². The maximum Gasteiger partial charge on any atom is 0.343 e. The molecular formula is C7H9NO4. The predicted molar refractivity (Wildman–Crippen MR) is 38.4 cm³/mol. The van der Waals surface area contributed by atoms with Gasteiger partial charge >= 0.3 is 5.97 Å². The minimum absolute atomic E-state index is 0.0324. The number of aromatic nitrogens is 1. The lowest BCUT2D eigenvalue weighted by Crippen LogP contribution is -2.32. The molecule has 0 saturated carbocycles. The molecule has 1 atom stereocenters. The average molecular weight is 171 g/mol. The van der Waals surface area contributed by atoms with Gasteiger partial charge in [0.15, 0.2) is 12.2 Å². The number of oxazole rings is 1. The van der Waals surface area contributed by atoms with Crippen LogP contribution in [0.5, 0.6) is 0 Å². The maximum atomic E-state index is 10.5. The highest BCUT2D eigenvalue weighted by Gasteiger charge is 2.37. The first-order chi connectivity index (χ1) is 5.46. The fourth-order valence-corrected chi connectivity index (χ4v) is 0.866. The molecule has 1 rings (SSSR count). The smallest absolute Gasteiger partial charge is 0.343 e. The van der Waals surface area contributed by atoms with Gasteiger partial charge in [0.05, 0.1) is 5.69 Å². The third-order valence-corrected chi connectivity index (χ3v) is 1.60. The van der Waals surface area contributed by atoms with Crippen LogP contribution >= 0.6 is 0 Å². The molecule has 66 valence electrons. The van der Waals surface area contributed by atoms with Crippen molar-refractivity contribution < 1.29 is 19.4 Å². The summed E-state index contributed by atoms with van der Waals surface area (Å²) in [6, 6.07) is 0. The summed E-state index contributed by atoms with van der Waals surface area (Å²) in [6.07, 6.45) is 1.10. The van der Waals surface area contributed by atoms with E-state index in [1.807, 2.05) is 0 Å². The van der Waals surface area contributed by atoms with E-state index in [0.29, 0.717) is 5.69 Å². The Balaban J connectivity index is 3.13. The van der Waals surface area contributed by atoms with Crippen LogP contribution in [0.15, 0.2) is 10.8 Å². The van der Waals surface area contributed by atoms with E-state index in [9.17, 15) is 9.90 Å². The van der Waals surface area contributed by atoms with Gasteiger partial charge in [0.1, 0.15) is 0 Å². The zero-order valence-corrected chi connectivity index (χ0v) is 6.74. The Morgan fingerprint density at radius 1 is 1.75 bits per heavy atom. The molecule has 0 spiro atoms. The van der Waals surface area contributed by atoms with Gasteiger partial charge in [0.2, 0.25) is 5.60 Å². The lowest BCUT2D eigenvalue weighted by atomic mass is 10.0. The van der Waals surface area contributed by atoms with Gasteiger partial charge in [-0.15, -0.1) is 0 Å². The second kappa shape index (κ2) is 2.60. The molecule has 1 aromatic heterocycles. The molecule has 0 bridgehead atoms. The first-order valence-electron chi connectivity index (χ1n) is 3.32.